The number of amides is 1. The summed E-state index contributed by atoms with van der Waals surface area (Å²) in [5.74, 6) is -0.123. The minimum atomic E-state index is -0.502. The lowest BCUT2D eigenvalue weighted by molar-refractivity contribution is 0.0953. The second-order valence-corrected chi connectivity index (χ2v) is 3.58. The van der Waals surface area contributed by atoms with E-state index in [-0.39, 0.29) is 5.91 Å². The van der Waals surface area contributed by atoms with Gasteiger partial charge >= 0.3 is 0 Å². The van der Waals surface area contributed by atoms with Crippen LogP contribution in [-0.2, 0) is 6.67 Å². The van der Waals surface area contributed by atoms with E-state index >= 15 is 0 Å². The lowest BCUT2D eigenvalue weighted by atomic mass is 10.1. The highest BCUT2D eigenvalue weighted by atomic mass is 18.2. The predicted molar refractivity (Wildman–Crippen MR) is 61.9 cm³/mol. The smallest absolute Gasteiger partial charge is 0.251 e. The zero-order chi connectivity index (χ0) is 11.8. The molecule has 0 radical (unpaired) electrons. The number of carbonyl (C=O) groups is 1. The first kappa shape index (κ1) is 12.6. The molecule has 0 unspecified atom stereocenters. The van der Waals surface area contributed by atoms with E-state index in [0.29, 0.717) is 24.2 Å². The van der Waals surface area contributed by atoms with E-state index in [9.17, 15) is 9.18 Å². The van der Waals surface area contributed by atoms with Crippen LogP contribution in [0.15, 0.2) is 24.3 Å². The molecule has 16 heavy (non-hydrogen) atoms. The number of hydrogen-bond donors (Lipinski definition) is 2. The van der Waals surface area contributed by atoms with Crippen LogP contribution in [0.5, 0.6) is 0 Å². The Kier molecular flexibility index (Phi) is 5.50. The summed E-state index contributed by atoms with van der Waals surface area (Å²) >= 11 is 0. The Labute approximate surface area is 94.8 Å². The van der Waals surface area contributed by atoms with E-state index in [0.717, 1.165) is 12.8 Å². The third-order valence-electron chi connectivity index (χ3n) is 2.29. The largest absolute Gasteiger partial charge is 0.352 e. The number of alkyl halides is 1. The molecule has 0 aliphatic carbocycles. The summed E-state index contributed by atoms with van der Waals surface area (Å²) in [5.41, 5.74) is 6.48. The van der Waals surface area contributed by atoms with Crippen LogP contribution in [0.1, 0.15) is 28.8 Å². The summed E-state index contributed by atoms with van der Waals surface area (Å²) < 4.78 is 12.2. The minimum Gasteiger partial charge on any atom is -0.352 e. The van der Waals surface area contributed by atoms with Gasteiger partial charge in [-0.15, -0.1) is 0 Å². The molecule has 1 amide bonds. The van der Waals surface area contributed by atoms with E-state index < -0.39 is 6.67 Å². The van der Waals surface area contributed by atoms with Crippen molar-refractivity contribution in [3.8, 4) is 0 Å². The first-order valence-corrected chi connectivity index (χ1v) is 5.41. The lowest BCUT2D eigenvalue weighted by Gasteiger charge is -2.04. The summed E-state index contributed by atoms with van der Waals surface area (Å²) in [6, 6.07) is 6.50. The highest BCUT2D eigenvalue weighted by Crippen LogP contribution is 2.05. The first-order valence-electron chi connectivity index (χ1n) is 5.41. The number of hydrogen-bond acceptors (Lipinski definition) is 2. The van der Waals surface area contributed by atoms with Crippen LogP contribution in [0.2, 0.25) is 0 Å². The molecule has 0 saturated heterocycles. The van der Waals surface area contributed by atoms with Gasteiger partial charge in [-0.05, 0) is 37.1 Å². The zero-order valence-corrected chi connectivity index (χ0v) is 9.21. The van der Waals surface area contributed by atoms with E-state index in [1.165, 1.54) is 0 Å². The fourth-order valence-corrected chi connectivity index (χ4v) is 1.32. The molecule has 4 heteroatoms. The molecule has 0 aliphatic rings. The summed E-state index contributed by atoms with van der Waals surface area (Å²) in [7, 11) is 0. The van der Waals surface area contributed by atoms with Crippen molar-refractivity contribution in [2.75, 3.05) is 13.1 Å². The quantitative estimate of drug-likeness (QED) is 0.720. The molecular weight excluding hydrogens is 206 g/mol. The zero-order valence-electron chi connectivity index (χ0n) is 9.21. The van der Waals surface area contributed by atoms with Gasteiger partial charge in [0.05, 0.1) is 0 Å². The molecule has 0 aliphatic heterocycles. The summed E-state index contributed by atoms with van der Waals surface area (Å²) in [4.78, 5) is 11.6. The molecule has 0 bridgehead atoms. The van der Waals surface area contributed by atoms with Gasteiger partial charge in [0.2, 0.25) is 0 Å². The lowest BCUT2D eigenvalue weighted by Crippen LogP contribution is -2.24. The molecule has 88 valence electrons. The minimum absolute atomic E-state index is 0.123. The second kappa shape index (κ2) is 6.95. The summed E-state index contributed by atoms with van der Waals surface area (Å²) in [6.07, 6.45) is 1.78. The number of rotatable bonds is 6. The number of carbonyl (C=O) groups excluding carboxylic acids is 1. The number of halogens is 1. The molecule has 3 nitrogen and oxygen atoms in total. The maximum atomic E-state index is 12.2. The van der Waals surface area contributed by atoms with Crippen molar-refractivity contribution in [1.29, 1.82) is 0 Å². The van der Waals surface area contributed by atoms with Gasteiger partial charge in [-0.25, -0.2) is 4.39 Å². The summed E-state index contributed by atoms with van der Waals surface area (Å²) in [5, 5.41) is 2.78. The van der Waals surface area contributed by atoms with Gasteiger partial charge in [-0.1, -0.05) is 12.1 Å². The number of nitrogens with one attached hydrogen (secondary N) is 1. The molecular formula is C12H17FN2O. The molecule has 0 spiro atoms. The average molecular weight is 223 g/mol. The molecule has 0 heterocycles. The van der Waals surface area contributed by atoms with Crippen molar-refractivity contribution >= 4 is 5.91 Å². The number of nitrogens with two attached hydrogens (primary N) is 1. The van der Waals surface area contributed by atoms with Gasteiger partial charge in [0.25, 0.3) is 5.91 Å². The molecule has 1 aromatic rings. The van der Waals surface area contributed by atoms with Crippen LogP contribution in [0.3, 0.4) is 0 Å². The van der Waals surface area contributed by atoms with Gasteiger partial charge < -0.3 is 11.1 Å². The highest BCUT2D eigenvalue weighted by Gasteiger charge is 2.03. The fraction of sp³-hybridized carbons (Fsp3) is 0.417. The molecule has 1 rings (SSSR count). The predicted octanol–water partition coefficient (Wildman–Crippen LogP) is 1.62. The van der Waals surface area contributed by atoms with Gasteiger partial charge in [0.1, 0.15) is 6.67 Å². The molecule has 3 N–H and O–H groups in total. The van der Waals surface area contributed by atoms with Crippen molar-refractivity contribution in [1.82, 2.24) is 5.32 Å². The van der Waals surface area contributed by atoms with Crippen LogP contribution in [0.4, 0.5) is 4.39 Å². The van der Waals surface area contributed by atoms with Crippen LogP contribution in [-0.4, -0.2) is 19.0 Å². The highest BCUT2D eigenvalue weighted by molar-refractivity contribution is 5.94. The van der Waals surface area contributed by atoms with E-state index in [1.54, 1.807) is 24.3 Å². The third-order valence-corrected chi connectivity index (χ3v) is 2.29. The first-order chi connectivity index (χ1) is 7.77. The van der Waals surface area contributed by atoms with Gasteiger partial charge in [0.15, 0.2) is 0 Å². The van der Waals surface area contributed by atoms with Crippen molar-refractivity contribution in [3.05, 3.63) is 35.4 Å². The summed E-state index contributed by atoms with van der Waals surface area (Å²) in [6.45, 7) is 0.764. The van der Waals surface area contributed by atoms with Crippen LogP contribution >= 0.6 is 0 Å². The maximum Gasteiger partial charge on any atom is 0.251 e. The Balaban J connectivity index is 2.40. The maximum absolute atomic E-state index is 12.2. The van der Waals surface area contributed by atoms with Crippen molar-refractivity contribution < 1.29 is 9.18 Å². The van der Waals surface area contributed by atoms with Crippen LogP contribution in [0.25, 0.3) is 0 Å². The molecule has 0 saturated carbocycles. The standard InChI is InChI=1S/C12H17FN2O/c13-9-10-3-5-11(6-4-10)12(16)15-8-2-1-7-14/h3-6H,1-2,7-9,14H2,(H,15,16)/i13-1. The topological polar surface area (TPSA) is 55.1 Å². The van der Waals surface area contributed by atoms with Gasteiger partial charge in [-0.3, -0.25) is 4.79 Å². The van der Waals surface area contributed by atoms with Crippen molar-refractivity contribution in [3.63, 3.8) is 0 Å². The Morgan fingerprint density at radius 3 is 2.50 bits per heavy atom. The van der Waals surface area contributed by atoms with Crippen LogP contribution in [0, 0.1) is 0 Å². The number of benzene rings is 1. The molecule has 0 aromatic heterocycles. The number of unbranched alkanes of at least 4 members (excludes halogenated alkanes) is 1. The molecule has 0 fully saturated rings. The second-order valence-electron chi connectivity index (χ2n) is 3.58. The Bertz CT molecular complexity index is 324. The van der Waals surface area contributed by atoms with Crippen molar-refractivity contribution in [2.24, 2.45) is 5.73 Å². The Morgan fingerprint density at radius 1 is 1.25 bits per heavy atom. The Hall–Kier alpha value is -1.42. The molecule has 1 aromatic carbocycles. The van der Waals surface area contributed by atoms with Gasteiger partial charge in [0, 0.05) is 12.1 Å². The Morgan fingerprint density at radius 2 is 1.94 bits per heavy atom. The van der Waals surface area contributed by atoms with Crippen LogP contribution < -0.4 is 11.1 Å². The fourth-order valence-electron chi connectivity index (χ4n) is 1.32. The van der Waals surface area contributed by atoms with Gasteiger partial charge in [-0.2, -0.15) is 0 Å². The molecule has 0 atom stereocenters. The van der Waals surface area contributed by atoms with Crippen molar-refractivity contribution in [2.45, 2.75) is 19.5 Å². The monoisotopic (exact) mass is 223 g/mol. The van der Waals surface area contributed by atoms with E-state index in [4.69, 9.17) is 5.73 Å². The average Bonchev–Trinajstić information content (AvgIpc) is 2.34. The van der Waals surface area contributed by atoms with E-state index in [1.807, 2.05) is 0 Å². The third kappa shape index (κ3) is 3.98. The normalized spacial score (nSPS) is 10.1. The van der Waals surface area contributed by atoms with E-state index in [2.05, 4.69) is 5.32 Å². The SMILES string of the molecule is NCCCCNC(=O)c1ccc(C[18F])cc1.